The Morgan fingerprint density at radius 1 is 1.22 bits per heavy atom. The summed E-state index contributed by atoms with van der Waals surface area (Å²) in [6.07, 6.45) is 1.61. The zero-order valence-corrected chi connectivity index (χ0v) is 11.5. The Bertz CT molecular complexity index is 514. The van der Waals surface area contributed by atoms with Crippen LogP contribution in [0.2, 0.25) is 0 Å². The highest BCUT2D eigenvalue weighted by Crippen LogP contribution is 2.22. The van der Waals surface area contributed by atoms with Gasteiger partial charge in [0.15, 0.2) is 0 Å². The minimum absolute atomic E-state index is 0.874. The predicted molar refractivity (Wildman–Crippen MR) is 76.9 cm³/mol. The van der Waals surface area contributed by atoms with Crippen LogP contribution in [0, 0.1) is 6.92 Å². The lowest BCUT2D eigenvalue weighted by Gasteiger charge is -2.05. The van der Waals surface area contributed by atoms with Crippen molar-refractivity contribution >= 4 is 17.6 Å². The normalized spacial score (nSPS) is 10.3. The number of rotatable bonds is 5. The van der Waals surface area contributed by atoms with Crippen molar-refractivity contribution in [2.75, 3.05) is 11.9 Å². The third kappa shape index (κ3) is 3.74. The Hall–Kier alpha value is -1.55. The molecule has 0 bridgehead atoms. The van der Waals surface area contributed by atoms with Crippen molar-refractivity contribution in [3.8, 4) is 0 Å². The van der Waals surface area contributed by atoms with Gasteiger partial charge >= 0.3 is 0 Å². The number of aryl methyl sites for hydroxylation is 1. The van der Waals surface area contributed by atoms with Gasteiger partial charge in [0.25, 0.3) is 0 Å². The number of benzene rings is 1. The van der Waals surface area contributed by atoms with Gasteiger partial charge in [-0.15, -0.1) is 11.8 Å². The molecule has 0 spiro atoms. The molecule has 94 valence electrons. The molecule has 0 saturated heterocycles. The van der Waals surface area contributed by atoms with Crippen molar-refractivity contribution in [3.63, 3.8) is 0 Å². The fourth-order valence-electron chi connectivity index (χ4n) is 1.66. The molecule has 1 heterocycles. The van der Waals surface area contributed by atoms with Gasteiger partial charge in [-0.3, -0.25) is 0 Å². The first kappa shape index (κ1) is 12.9. The fourth-order valence-corrected chi connectivity index (χ4v) is 2.47. The molecule has 1 aromatic heterocycles. The van der Waals surface area contributed by atoms with Gasteiger partial charge in [-0.1, -0.05) is 29.8 Å². The van der Waals surface area contributed by atoms with Crippen LogP contribution >= 0.6 is 11.8 Å². The Labute approximate surface area is 112 Å². The van der Waals surface area contributed by atoms with E-state index < -0.39 is 0 Å². The molecular weight excluding hydrogens is 242 g/mol. The highest BCUT2D eigenvalue weighted by atomic mass is 32.2. The van der Waals surface area contributed by atoms with Crippen molar-refractivity contribution in [1.29, 1.82) is 0 Å². The largest absolute Gasteiger partial charge is 0.370 e. The van der Waals surface area contributed by atoms with E-state index >= 15 is 0 Å². The molecule has 0 atom stereocenters. The molecule has 1 N–H and O–H groups in total. The molecule has 3 nitrogen and oxygen atoms in total. The van der Waals surface area contributed by atoms with Crippen LogP contribution in [-0.2, 0) is 5.75 Å². The van der Waals surface area contributed by atoms with E-state index in [-0.39, 0.29) is 0 Å². The Morgan fingerprint density at radius 3 is 2.89 bits per heavy atom. The van der Waals surface area contributed by atoms with Gasteiger partial charge in [0.2, 0.25) is 0 Å². The Morgan fingerprint density at radius 2 is 2.11 bits per heavy atom. The van der Waals surface area contributed by atoms with Crippen LogP contribution in [0.5, 0.6) is 0 Å². The quantitative estimate of drug-likeness (QED) is 0.658. The first-order valence-corrected chi connectivity index (χ1v) is 7.00. The van der Waals surface area contributed by atoms with Gasteiger partial charge < -0.3 is 5.32 Å². The molecular formula is C14H17N3S. The third-order valence-corrected chi connectivity index (χ3v) is 3.47. The van der Waals surface area contributed by atoms with Crippen molar-refractivity contribution in [3.05, 3.63) is 47.8 Å². The molecule has 0 aliphatic rings. The summed E-state index contributed by atoms with van der Waals surface area (Å²) >= 11 is 1.73. The summed E-state index contributed by atoms with van der Waals surface area (Å²) in [5.41, 5.74) is 2.62. The molecule has 0 amide bonds. The molecule has 0 fully saturated rings. The molecule has 2 aromatic rings. The number of hydrogen-bond donors (Lipinski definition) is 1. The minimum atomic E-state index is 0.874. The minimum Gasteiger partial charge on any atom is -0.370 e. The van der Waals surface area contributed by atoms with Gasteiger partial charge in [-0.2, -0.15) is 0 Å². The lowest BCUT2D eigenvalue weighted by atomic mass is 10.2. The number of nitrogens with one attached hydrogen (secondary N) is 1. The SMILES string of the molecule is CCNc1cc(SCc2cccc(C)c2)ncn1. The van der Waals surface area contributed by atoms with Gasteiger partial charge in [-0.05, 0) is 19.4 Å². The highest BCUT2D eigenvalue weighted by molar-refractivity contribution is 7.98. The average Bonchev–Trinajstić information content (AvgIpc) is 2.37. The summed E-state index contributed by atoms with van der Waals surface area (Å²) in [4.78, 5) is 8.43. The van der Waals surface area contributed by atoms with Crippen LogP contribution in [0.15, 0.2) is 41.7 Å². The van der Waals surface area contributed by atoms with Gasteiger partial charge in [0, 0.05) is 18.4 Å². The highest BCUT2D eigenvalue weighted by Gasteiger charge is 2.00. The lowest BCUT2D eigenvalue weighted by Crippen LogP contribution is -1.99. The predicted octanol–water partition coefficient (Wildman–Crippen LogP) is 3.51. The lowest BCUT2D eigenvalue weighted by molar-refractivity contribution is 1.03. The second kappa shape index (κ2) is 6.40. The van der Waals surface area contributed by atoms with Gasteiger partial charge in [-0.25, -0.2) is 9.97 Å². The van der Waals surface area contributed by atoms with E-state index in [9.17, 15) is 0 Å². The molecule has 1 aromatic carbocycles. The first-order valence-electron chi connectivity index (χ1n) is 6.02. The number of thioether (sulfide) groups is 1. The van der Waals surface area contributed by atoms with E-state index in [0.717, 1.165) is 23.1 Å². The van der Waals surface area contributed by atoms with Crippen molar-refractivity contribution in [2.24, 2.45) is 0 Å². The topological polar surface area (TPSA) is 37.8 Å². The zero-order chi connectivity index (χ0) is 12.8. The Kier molecular flexibility index (Phi) is 4.59. The smallest absolute Gasteiger partial charge is 0.130 e. The monoisotopic (exact) mass is 259 g/mol. The van der Waals surface area contributed by atoms with E-state index in [4.69, 9.17) is 0 Å². The van der Waals surface area contributed by atoms with E-state index in [2.05, 4.69) is 53.4 Å². The second-order valence-corrected chi connectivity index (χ2v) is 5.05. The zero-order valence-electron chi connectivity index (χ0n) is 10.7. The van der Waals surface area contributed by atoms with Gasteiger partial charge in [0.05, 0.1) is 0 Å². The molecule has 0 radical (unpaired) electrons. The van der Waals surface area contributed by atoms with Crippen molar-refractivity contribution in [2.45, 2.75) is 24.6 Å². The van der Waals surface area contributed by atoms with E-state index in [0.29, 0.717) is 0 Å². The summed E-state index contributed by atoms with van der Waals surface area (Å²) in [5.74, 6) is 1.82. The number of anilines is 1. The third-order valence-electron chi connectivity index (χ3n) is 2.47. The van der Waals surface area contributed by atoms with Crippen LogP contribution in [0.25, 0.3) is 0 Å². The molecule has 0 saturated carbocycles. The number of nitrogens with zero attached hydrogens (tertiary/aromatic N) is 2. The van der Waals surface area contributed by atoms with Crippen LogP contribution in [-0.4, -0.2) is 16.5 Å². The average molecular weight is 259 g/mol. The van der Waals surface area contributed by atoms with Crippen molar-refractivity contribution in [1.82, 2.24) is 9.97 Å². The molecule has 2 rings (SSSR count). The van der Waals surface area contributed by atoms with Crippen LogP contribution in [0.3, 0.4) is 0 Å². The van der Waals surface area contributed by atoms with E-state index in [1.807, 2.05) is 6.07 Å². The number of aromatic nitrogens is 2. The maximum absolute atomic E-state index is 4.27. The summed E-state index contributed by atoms with van der Waals surface area (Å²) in [6.45, 7) is 5.04. The Balaban J connectivity index is 1.99. The fraction of sp³-hybridized carbons (Fsp3) is 0.286. The molecule has 18 heavy (non-hydrogen) atoms. The summed E-state index contributed by atoms with van der Waals surface area (Å²) in [5, 5.41) is 4.19. The van der Waals surface area contributed by atoms with Gasteiger partial charge in [0.1, 0.15) is 17.2 Å². The maximum atomic E-state index is 4.27. The molecule has 0 aliphatic heterocycles. The van der Waals surface area contributed by atoms with E-state index in [1.165, 1.54) is 11.1 Å². The van der Waals surface area contributed by atoms with E-state index in [1.54, 1.807) is 18.1 Å². The van der Waals surface area contributed by atoms with Crippen LogP contribution in [0.1, 0.15) is 18.1 Å². The molecule has 0 unspecified atom stereocenters. The maximum Gasteiger partial charge on any atom is 0.130 e. The van der Waals surface area contributed by atoms with Crippen molar-refractivity contribution < 1.29 is 0 Å². The van der Waals surface area contributed by atoms with Crippen LogP contribution in [0.4, 0.5) is 5.82 Å². The standard InChI is InChI=1S/C14H17N3S/c1-3-15-13-8-14(17-10-16-13)18-9-12-6-4-5-11(2)7-12/h4-8,10H,3,9H2,1-2H3,(H,15,16,17). The first-order chi connectivity index (χ1) is 8.78. The second-order valence-electron chi connectivity index (χ2n) is 4.05. The summed E-state index contributed by atoms with van der Waals surface area (Å²) < 4.78 is 0. The van der Waals surface area contributed by atoms with Crippen LogP contribution < -0.4 is 5.32 Å². The molecule has 0 aliphatic carbocycles. The summed E-state index contributed by atoms with van der Waals surface area (Å²) in [7, 11) is 0. The number of hydrogen-bond acceptors (Lipinski definition) is 4. The summed E-state index contributed by atoms with van der Waals surface area (Å²) in [6, 6.07) is 10.5. The molecule has 4 heteroatoms.